The van der Waals surface area contributed by atoms with Crippen LogP contribution in [0.4, 0.5) is 5.69 Å². The molecule has 0 aliphatic carbocycles. The number of amides is 1. The number of fused-ring (bicyclic) bond motifs is 3. The third-order valence-electron chi connectivity index (χ3n) is 5.16. The van der Waals surface area contributed by atoms with Crippen molar-refractivity contribution in [3.05, 3.63) is 66.8 Å². The van der Waals surface area contributed by atoms with Gasteiger partial charge in [-0.25, -0.2) is 0 Å². The summed E-state index contributed by atoms with van der Waals surface area (Å²) in [6, 6.07) is 11.4. The van der Waals surface area contributed by atoms with Crippen LogP contribution in [0.25, 0.3) is 11.1 Å². The monoisotopic (exact) mass is 431 g/mol. The molecule has 27 heavy (non-hydrogen) atoms. The second-order valence-corrected chi connectivity index (χ2v) is 10.6. The second-order valence-electron chi connectivity index (χ2n) is 7.32. The predicted molar refractivity (Wildman–Crippen MR) is 119 cm³/mol. The number of hydrogen-bond acceptors (Lipinski definition) is 4. The largest absolute Gasteiger partial charge is 0.297 e. The molecule has 0 fully saturated rings. The minimum Gasteiger partial charge on any atom is -0.297 e. The van der Waals surface area contributed by atoms with Crippen molar-refractivity contribution in [2.45, 2.75) is 33.2 Å². The summed E-state index contributed by atoms with van der Waals surface area (Å²) in [5.41, 5.74) is 5.58. The Morgan fingerprint density at radius 2 is 1.70 bits per heavy atom. The zero-order valence-corrected chi connectivity index (χ0v) is 18.6. The first kappa shape index (κ1) is 18.8. The number of rotatable bonds is 1. The van der Waals surface area contributed by atoms with Gasteiger partial charge < -0.3 is 0 Å². The molecule has 0 bridgehead atoms. The smallest absolute Gasteiger partial charge is 0.259 e. The van der Waals surface area contributed by atoms with Gasteiger partial charge in [-0.2, -0.15) is 0 Å². The average molecular weight is 432 g/mol. The van der Waals surface area contributed by atoms with E-state index < -0.39 is 5.54 Å². The van der Waals surface area contributed by atoms with Crippen molar-refractivity contribution >= 4 is 56.1 Å². The van der Waals surface area contributed by atoms with E-state index >= 15 is 0 Å². The lowest BCUT2D eigenvalue weighted by Gasteiger charge is -2.43. The lowest BCUT2D eigenvalue weighted by Crippen LogP contribution is -2.47. The van der Waals surface area contributed by atoms with Crippen molar-refractivity contribution in [3.63, 3.8) is 0 Å². The van der Waals surface area contributed by atoms with Gasteiger partial charge in [0.1, 0.15) is 3.82 Å². The molecular weight excluding hydrogens is 414 g/mol. The van der Waals surface area contributed by atoms with Gasteiger partial charge >= 0.3 is 0 Å². The number of benzene rings is 2. The van der Waals surface area contributed by atoms with Crippen LogP contribution in [0.2, 0.25) is 5.02 Å². The van der Waals surface area contributed by atoms with Gasteiger partial charge in [-0.15, -0.1) is 0 Å². The molecule has 138 valence electrons. The van der Waals surface area contributed by atoms with E-state index in [1.54, 1.807) is 44.9 Å². The van der Waals surface area contributed by atoms with Crippen molar-refractivity contribution in [1.29, 1.82) is 0 Å². The summed E-state index contributed by atoms with van der Waals surface area (Å²) < 4.78 is 0.895. The maximum atomic E-state index is 13.6. The molecule has 1 aliphatic heterocycles. The van der Waals surface area contributed by atoms with Gasteiger partial charge in [-0.05, 0) is 75.2 Å². The van der Waals surface area contributed by atoms with Crippen LogP contribution >= 0.6 is 44.5 Å². The Morgan fingerprint density at radius 1 is 1.07 bits per heavy atom. The quantitative estimate of drug-likeness (QED) is 0.296. The fourth-order valence-corrected chi connectivity index (χ4v) is 6.98. The van der Waals surface area contributed by atoms with Gasteiger partial charge in [-0.1, -0.05) is 44.5 Å². The Balaban J connectivity index is 2.00. The van der Waals surface area contributed by atoms with Crippen LogP contribution in [-0.2, 0) is 5.54 Å². The summed E-state index contributed by atoms with van der Waals surface area (Å²) >= 11 is 11.7. The molecule has 2 aromatic carbocycles. The highest BCUT2D eigenvalue weighted by Crippen LogP contribution is 2.53. The van der Waals surface area contributed by atoms with Crippen LogP contribution in [0.5, 0.6) is 0 Å². The summed E-state index contributed by atoms with van der Waals surface area (Å²) in [4.78, 5) is 16.6. The minimum atomic E-state index is -0.487. The molecule has 0 N–H and O–H groups in total. The van der Waals surface area contributed by atoms with Crippen molar-refractivity contribution in [1.82, 2.24) is 0 Å². The number of carbonyl (C=O) groups is 1. The van der Waals surface area contributed by atoms with Gasteiger partial charge in [0, 0.05) is 21.7 Å². The number of halogens is 1. The zero-order chi connectivity index (χ0) is 19.5. The average Bonchev–Trinajstić information content (AvgIpc) is 3.00. The number of aryl methyl sites for hydroxylation is 2. The van der Waals surface area contributed by atoms with Gasteiger partial charge in [-0.3, -0.25) is 9.69 Å². The standard InChI is InChI=1S/C21H18ClNOS3/c1-11-9-15-16(10-12(11)2)23(19(24)13-5-7-14(22)8-6-13)21(3,4)18-17(15)20(25)27-26-18/h5-10H,1-4H3. The van der Waals surface area contributed by atoms with Crippen LogP contribution in [0.1, 0.15) is 40.2 Å². The SMILES string of the molecule is Cc1cc2c(cc1C)N(C(=O)c1ccc(Cl)cc1)C(C)(C)c1ssc(=S)c1-2. The number of nitrogens with zero attached hydrogens (tertiary/aromatic N) is 1. The van der Waals surface area contributed by atoms with E-state index in [1.165, 1.54) is 5.56 Å². The number of carbonyl (C=O) groups excluding carboxylic acids is 1. The molecule has 0 atom stereocenters. The molecule has 0 spiro atoms. The number of hydrogen-bond donors (Lipinski definition) is 0. The van der Waals surface area contributed by atoms with Crippen molar-refractivity contribution in [2.75, 3.05) is 4.90 Å². The Morgan fingerprint density at radius 3 is 2.37 bits per heavy atom. The second kappa shape index (κ2) is 6.52. The van der Waals surface area contributed by atoms with Gasteiger partial charge in [0.25, 0.3) is 5.91 Å². The highest BCUT2D eigenvalue weighted by Gasteiger charge is 2.43. The molecule has 0 saturated carbocycles. The fraction of sp³-hybridized carbons (Fsp3) is 0.238. The van der Waals surface area contributed by atoms with Crippen LogP contribution in [0.15, 0.2) is 36.4 Å². The highest BCUT2D eigenvalue weighted by atomic mass is 35.5. The third-order valence-corrected chi connectivity index (χ3v) is 8.74. The summed E-state index contributed by atoms with van der Waals surface area (Å²) in [6.07, 6.45) is 0. The molecule has 6 heteroatoms. The van der Waals surface area contributed by atoms with E-state index in [2.05, 4.69) is 39.8 Å². The Hall–Kier alpha value is -1.53. The summed E-state index contributed by atoms with van der Waals surface area (Å²) in [5, 5.41) is 0.620. The van der Waals surface area contributed by atoms with Crippen LogP contribution in [-0.4, -0.2) is 5.91 Å². The molecule has 0 unspecified atom stereocenters. The van der Waals surface area contributed by atoms with Crippen molar-refractivity contribution in [3.8, 4) is 11.1 Å². The third kappa shape index (κ3) is 2.88. The molecule has 1 amide bonds. The molecule has 4 rings (SSSR count). The van der Waals surface area contributed by atoms with E-state index in [0.29, 0.717) is 10.6 Å². The minimum absolute atomic E-state index is 0.0314. The summed E-state index contributed by atoms with van der Waals surface area (Å²) in [5.74, 6) is -0.0314. The summed E-state index contributed by atoms with van der Waals surface area (Å²) in [7, 11) is 3.28. The first-order valence-corrected chi connectivity index (χ1v) is 11.5. The van der Waals surface area contributed by atoms with Crippen molar-refractivity contribution in [2.24, 2.45) is 0 Å². The van der Waals surface area contributed by atoms with E-state index in [-0.39, 0.29) is 5.91 Å². The van der Waals surface area contributed by atoms with E-state index in [0.717, 1.165) is 31.1 Å². The van der Waals surface area contributed by atoms with Gasteiger partial charge in [0.05, 0.1) is 16.1 Å². The normalized spacial score (nSPS) is 14.6. The maximum absolute atomic E-state index is 13.6. The predicted octanol–water partition coefficient (Wildman–Crippen LogP) is 7.37. The van der Waals surface area contributed by atoms with E-state index in [4.69, 9.17) is 23.8 Å². The summed E-state index contributed by atoms with van der Waals surface area (Å²) in [6.45, 7) is 8.36. The number of anilines is 1. The van der Waals surface area contributed by atoms with E-state index in [1.807, 2.05) is 4.90 Å². The molecule has 1 aliphatic rings. The van der Waals surface area contributed by atoms with E-state index in [9.17, 15) is 4.79 Å². The molecule has 2 nitrogen and oxygen atoms in total. The molecule has 0 radical (unpaired) electrons. The van der Waals surface area contributed by atoms with Crippen LogP contribution in [0, 0.1) is 17.7 Å². The molecule has 3 aromatic rings. The van der Waals surface area contributed by atoms with Crippen LogP contribution < -0.4 is 4.90 Å². The first-order valence-electron chi connectivity index (χ1n) is 8.57. The maximum Gasteiger partial charge on any atom is 0.259 e. The van der Waals surface area contributed by atoms with Gasteiger partial charge in [0.2, 0.25) is 0 Å². The fourth-order valence-electron chi connectivity index (χ4n) is 3.57. The highest BCUT2D eigenvalue weighted by molar-refractivity contribution is 7.80. The van der Waals surface area contributed by atoms with Crippen molar-refractivity contribution < 1.29 is 4.79 Å². The van der Waals surface area contributed by atoms with Gasteiger partial charge in [0.15, 0.2) is 0 Å². The molecular formula is C21H18ClNOS3. The first-order chi connectivity index (χ1) is 12.7. The molecule has 0 saturated heterocycles. The zero-order valence-electron chi connectivity index (χ0n) is 15.4. The lowest BCUT2D eigenvalue weighted by atomic mass is 9.85. The van der Waals surface area contributed by atoms with Crippen LogP contribution in [0.3, 0.4) is 0 Å². The Labute approximate surface area is 176 Å². The molecule has 1 aromatic heterocycles. The topological polar surface area (TPSA) is 20.3 Å². The Bertz CT molecular complexity index is 1130. The Kier molecular flexibility index (Phi) is 4.54. The molecule has 2 heterocycles. The lowest BCUT2D eigenvalue weighted by molar-refractivity contribution is 0.0961.